The standard InChI is InChI=1S/C13H14F2N2/c1-7-5-9(6-8(2)16)17-13-11(15)4-3-10(14)12(7)13/h3-5,8H,6,16H2,1-2H3. The summed E-state index contributed by atoms with van der Waals surface area (Å²) >= 11 is 0. The van der Waals surface area contributed by atoms with Crippen LogP contribution < -0.4 is 5.73 Å². The van der Waals surface area contributed by atoms with E-state index in [0.717, 1.165) is 12.1 Å². The molecule has 1 unspecified atom stereocenters. The molecule has 0 saturated carbocycles. The van der Waals surface area contributed by atoms with E-state index >= 15 is 0 Å². The minimum absolute atomic E-state index is 0.0593. The number of benzene rings is 1. The minimum atomic E-state index is -0.504. The normalized spacial score (nSPS) is 13.0. The molecule has 0 spiro atoms. The Labute approximate surface area is 98.5 Å². The van der Waals surface area contributed by atoms with E-state index in [1.165, 1.54) is 0 Å². The number of hydrogen-bond acceptors (Lipinski definition) is 2. The molecule has 0 aliphatic heterocycles. The van der Waals surface area contributed by atoms with E-state index < -0.39 is 11.6 Å². The molecule has 2 rings (SSSR count). The van der Waals surface area contributed by atoms with Crippen molar-refractivity contribution in [2.24, 2.45) is 5.73 Å². The summed E-state index contributed by atoms with van der Waals surface area (Å²) in [5.41, 5.74) is 7.13. The van der Waals surface area contributed by atoms with Crippen LogP contribution in [-0.2, 0) is 6.42 Å². The second-order valence-corrected chi connectivity index (χ2v) is 4.36. The van der Waals surface area contributed by atoms with Crippen molar-refractivity contribution in [3.63, 3.8) is 0 Å². The summed E-state index contributed by atoms with van der Waals surface area (Å²) in [7, 11) is 0. The van der Waals surface area contributed by atoms with E-state index in [9.17, 15) is 8.78 Å². The van der Waals surface area contributed by atoms with Gasteiger partial charge >= 0.3 is 0 Å². The van der Waals surface area contributed by atoms with Gasteiger partial charge in [-0.2, -0.15) is 0 Å². The lowest BCUT2D eigenvalue weighted by Crippen LogP contribution is -2.18. The molecule has 90 valence electrons. The maximum Gasteiger partial charge on any atom is 0.149 e. The average molecular weight is 236 g/mol. The summed E-state index contributed by atoms with van der Waals surface area (Å²) in [6, 6.07) is 3.92. The van der Waals surface area contributed by atoms with Crippen molar-refractivity contribution >= 4 is 10.9 Å². The monoisotopic (exact) mass is 236 g/mol. The Hall–Kier alpha value is -1.55. The van der Waals surface area contributed by atoms with Crippen LogP contribution >= 0.6 is 0 Å². The number of aryl methyl sites for hydroxylation is 1. The van der Waals surface area contributed by atoms with Gasteiger partial charge in [-0.25, -0.2) is 13.8 Å². The molecule has 0 fully saturated rings. The summed E-state index contributed by atoms with van der Waals surface area (Å²) in [4.78, 5) is 4.14. The molecule has 0 bridgehead atoms. The Bertz CT molecular complexity index is 565. The third-order valence-corrected chi connectivity index (χ3v) is 2.64. The summed E-state index contributed by atoms with van der Waals surface area (Å²) in [6.45, 7) is 3.60. The predicted octanol–water partition coefficient (Wildman–Crippen LogP) is 2.71. The molecule has 0 amide bonds. The Morgan fingerprint density at radius 1 is 1.29 bits per heavy atom. The van der Waals surface area contributed by atoms with Crippen LogP contribution in [0.25, 0.3) is 10.9 Å². The number of pyridine rings is 1. The zero-order valence-electron chi connectivity index (χ0n) is 9.80. The molecular weight excluding hydrogens is 222 g/mol. The van der Waals surface area contributed by atoms with Gasteiger partial charge in [0.2, 0.25) is 0 Å². The number of hydrogen-bond donors (Lipinski definition) is 1. The molecule has 1 heterocycles. The fourth-order valence-corrected chi connectivity index (χ4v) is 1.96. The first-order chi connectivity index (χ1) is 7.99. The van der Waals surface area contributed by atoms with Crippen LogP contribution in [0.3, 0.4) is 0 Å². The Kier molecular flexibility index (Phi) is 3.07. The van der Waals surface area contributed by atoms with Crippen LogP contribution in [0.15, 0.2) is 18.2 Å². The van der Waals surface area contributed by atoms with Crippen molar-refractivity contribution < 1.29 is 8.78 Å². The van der Waals surface area contributed by atoms with Gasteiger partial charge in [0.15, 0.2) is 0 Å². The largest absolute Gasteiger partial charge is 0.328 e. The van der Waals surface area contributed by atoms with Crippen LogP contribution in [0.5, 0.6) is 0 Å². The predicted molar refractivity (Wildman–Crippen MR) is 63.7 cm³/mol. The Morgan fingerprint density at radius 3 is 2.59 bits per heavy atom. The zero-order chi connectivity index (χ0) is 12.6. The van der Waals surface area contributed by atoms with Gasteiger partial charge in [0, 0.05) is 23.5 Å². The van der Waals surface area contributed by atoms with E-state index in [4.69, 9.17) is 5.73 Å². The Balaban J connectivity index is 2.68. The fourth-order valence-electron chi connectivity index (χ4n) is 1.96. The summed E-state index contributed by atoms with van der Waals surface area (Å²) in [5.74, 6) is -0.949. The summed E-state index contributed by atoms with van der Waals surface area (Å²) < 4.78 is 27.2. The van der Waals surface area contributed by atoms with Gasteiger partial charge in [0.25, 0.3) is 0 Å². The van der Waals surface area contributed by atoms with E-state index in [2.05, 4.69) is 4.98 Å². The van der Waals surface area contributed by atoms with Crippen LogP contribution in [0.4, 0.5) is 8.78 Å². The quantitative estimate of drug-likeness (QED) is 0.870. The molecule has 0 aliphatic rings. The smallest absolute Gasteiger partial charge is 0.149 e. The van der Waals surface area contributed by atoms with E-state index in [1.807, 2.05) is 6.92 Å². The first-order valence-electron chi connectivity index (χ1n) is 5.49. The van der Waals surface area contributed by atoms with E-state index in [1.54, 1.807) is 13.0 Å². The third kappa shape index (κ3) is 2.26. The molecular formula is C13H14F2N2. The zero-order valence-corrected chi connectivity index (χ0v) is 9.80. The van der Waals surface area contributed by atoms with Gasteiger partial charge in [-0.15, -0.1) is 0 Å². The van der Waals surface area contributed by atoms with Gasteiger partial charge in [0.1, 0.15) is 17.2 Å². The fraction of sp³-hybridized carbons (Fsp3) is 0.308. The molecule has 2 aromatic rings. The first-order valence-corrected chi connectivity index (χ1v) is 5.49. The van der Waals surface area contributed by atoms with Crippen LogP contribution in [0, 0.1) is 18.6 Å². The van der Waals surface area contributed by atoms with Gasteiger partial charge in [-0.3, -0.25) is 0 Å². The number of aromatic nitrogens is 1. The second kappa shape index (κ2) is 4.37. The topological polar surface area (TPSA) is 38.9 Å². The SMILES string of the molecule is Cc1cc(CC(C)N)nc2c(F)ccc(F)c12. The second-order valence-electron chi connectivity index (χ2n) is 4.36. The molecule has 2 N–H and O–H groups in total. The van der Waals surface area contributed by atoms with Crippen molar-refractivity contribution in [1.29, 1.82) is 0 Å². The lowest BCUT2D eigenvalue weighted by Gasteiger charge is -2.09. The van der Waals surface area contributed by atoms with Gasteiger partial charge in [-0.05, 0) is 37.6 Å². The van der Waals surface area contributed by atoms with Gasteiger partial charge in [0.05, 0.1) is 0 Å². The van der Waals surface area contributed by atoms with Crippen molar-refractivity contribution in [2.45, 2.75) is 26.3 Å². The molecule has 0 saturated heterocycles. The van der Waals surface area contributed by atoms with E-state index in [0.29, 0.717) is 17.7 Å². The molecule has 1 atom stereocenters. The number of nitrogens with zero attached hydrogens (tertiary/aromatic N) is 1. The highest BCUT2D eigenvalue weighted by atomic mass is 19.1. The molecule has 2 nitrogen and oxygen atoms in total. The number of rotatable bonds is 2. The molecule has 4 heteroatoms. The van der Waals surface area contributed by atoms with Crippen molar-refractivity contribution in [1.82, 2.24) is 4.98 Å². The van der Waals surface area contributed by atoms with E-state index in [-0.39, 0.29) is 16.9 Å². The molecule has 17 heavy (non-hydrogen) atoms. The van der Waals surface area contributed by atoms with Crippen LogP contribution in [0.1, 0.15) is 18.2 Å². The van der Waals surface area contributed by atoms with Gasteiger partial charge < -0.3 is 5.73 Å². The molecule has 0 radical (unpaired) electrons. The minimum Gasteiger partial charge on any atom is -0.328 e. The maximum absolute atomic E-state index is 13.6. The van der Waals surface area contributed by atoms with Crippen molar-refractivity contribution in [2.75, 3.05) is 0 Å². The molecule has 1 aromatic carbocycles. The number of halogens is 2. The lowest BCUT2D eigenvalue weighted by atomic mass is 10.1. The highest BCUT2D eigenvalue weighted by molar-refractivity contribution is 5.83. The number of nitrogens with two attached hydrogens (primary N) is 1. The highest BCUT2D eigenvalue weighted by Crippen LogP contribution is 2.23. The summed E-state index contributed by atoms with van der Waals surface area (Å²) in [5, 5.41) is 0.249. The van der Waals surface area contributed by atoms with Gasteiger partial charge in [-0.1, -0.05) is 0 Å². The average Bonchev–Trinajstić information content (AvgIpc) is 2.22. The molecule has 0 aliphatic carbocycles. The highest BCUT2D eigenvalue weighted by Gasteiger charge is 2.12. The van der Waals surface area contributed by atoms with Crippen LogP contribution in [-0.4, -0.2) is 11.0 Å². The lowest BCUT2D eigenvalue weighted by molar-refractivity contribution is 0.613. The van der Waals surface area contributed by atoms with Crippen molar-refractivity contribution in [3.05, 3.63) is 41.1 Å². The Morgan fingerprint density at radius 2 is 1.94 bits per heavy atom. The first kappa shape index (κ1) is 11.9. The molecule has 1 aromatic heterocycles. The van der Waals surface area contributed by atoms with Crippen LogP contribution in [0.2, 0.25) is 0 Å². The third-order valence-electron chi connectivity index (χ3n) is 2.64. The summed E-state index contributed by atoms with van der Waals surface area (Å²) in [6.07, 6.45) is 0.548. The maximum atomic E-state index is 13.6. The van der Waals surface area contributed by atoms with Crippen molar-refractivity contribution in [3.8, 4) is 0 Å². The number of fused-ring (bicyclic) bond motifs is 1.